The molecule has 0 radical (unpaired) electrons. The molecule has 29 heavy (non-hydrogen) atoms. The monoisotopic (exact) mass is 415 g/mol. The van der Waals surface area contributed by atoms with Gasteiger partial charge >= 0.3 is 11.8 Å². The van der Waals surface area contributed by atoms with E-state index in [0.29, 0.717) is 12.3 Å². The van der Waals surface area contributed by atoms with Crippen LogP contribution < -0.4 is 15.4 Å². The van der Waals surface area contributed by atoms with E-state index >= 15 is 0 Å². The molecule has 0 unspecified atom stereocenters. The molecule has 3 rings (SSSR count). The van der Waals surface area contributed by atoms with Crippen LogP contribution in [0.4, 0.5) is 0 Å². The maximum atomic E-state index is 12.4. The number of carbonyl (C=O) groups is 2. The molecule has 1 saturated heterocycles. The van der Waals surface area contributed by atoms with Gasteiger partial charge in [-0.2, -0.15) is 11.3 Å². The van der Waals surface area contributed by atoms with Crippen molar-refractivity contribution in [3.8, 4) is 5.75 Å². The highest BCUT2D eigenvalue weighted by molar-refractivity contribution is 7.08. The van der Waals surface area contributed by atoms with E-state index in [4.69, 9.17) is 4.74 Å². The first-order valence-electron chi connectivity index (χ1n) is 10.1. The van der Waals surface area contributed by atoms with Gasteiger partial charge in [0, 0.05) is 18.7 Å². The third kappa shape index (κ3) is 6.05. The van der Waals surface area contributed by atoms with Gasteiger partial charge in [0.1, 0.15) is 5.75 Å². The van der Waals surface area contributed by atoms with Crippen molar-refractivity contribution in [2.75, 3.05) is 26.7 Å². The van der Waals surface area contributed by atoms with Crippen molar-refractivity contribution in [3.05, 3.63) is 52.2 Å². The number of benzene rings is 1. The number of carbonyl (C=O) groups excluding carboxylic acids is 2. The fourth-order valence-corrected chi connectivity index (χ4v) is 4.41. The van der Waals surface area contributed by atoms with E-state index in [9.17, 15) is 9.59 Å². The summed E-state index contributed by atoms with van der Waals surface area (Å²) in [5.41, 5.74) is 2.03. The third-order valence-corrected chi connectivity index (χ3v) is 6.00. The van der Waals surface area contributed by atoms with Crippen LogP contribution in [-0.4, -0.2) is 43.5 Å². The van der Waals surface area contributed by atoms with Crippen LogP contribution in [0.15, 0.2) is 41.1 Å². The Kier molecular flexibility index (Phi) is 8.07. The topological polar surface area (TPSA) is 70.7 Å². The molecule has 7 heteroatoms. The molecule has 2 heterocycles. The summed E-state index contributed by atoms with van der Waals surface area (Å²) in [5, 5.41) is 9.70. The summed E-state index contributed by atoms with van der Waals surface area (Å²) in [6.07, 6.45) is 4.86. The molecule has 0 saturated carbocycles. The molecule has 0 bridgehead atoms. The first-order valence-corrected chi connectivity index (χ1v) is 11.1. The number of thiophene rings is 1. The van der Waals surface area contributed by atoms with Crippen molar-refractivity contribution in [1.82, 2.24) is 15.5 Å². The Morgan fingerprint density at radius 1 is 1.07 bits per heavy atom. The number of ether oxygens (including phenoxy) is 1. The average Bonchev–Trinajstić information content (AvgIpc) is 3.15. The van der Waals surface area contributed by atoms with Gasteiger partial charge in [0.05, 0.1) is 13.2 Å². The van der Waals surface area contributed by atoms with Gasteiger partial charge in [-0.3, -0.25) is 14.5 Å². The fraction of sp³-hybridized carbons (Fsp3) is 0.455. The van der Waals surface area contributed by atoms with E-state index in [-0.39, 0.29) is 12.6 Å². The maximum absolute atomic E-state index is 12.4. The number of para-hydroxylation sites is 1. The van der Waals surface area contributed by atoms with Crippen LogP contribution in [-0.2, 0) is 16.1 Å². The number of nitrogens with one attached hydrogen (secondary N) is 2. The van der Waals surface area contributed by atoms with Gasteiger partial charge in [-0.1, -0.05) is 31.0 Å². The summed E-state index contributed by atoms with van der Waals surface area (Å²) in [5.74, 6) is -0.544. The van der Waals surface area contributed by atoms with Crippen molar-refractivity contribution in [2.24, 2.45) is 0 Å². The van der Waals surface area contributed by atoms with E-state index in [0.717, 1.165) is 18.7 Å². The van der Waals surface area contributed by atoms with Crippen LogP contribution in [0.2, 0.25) is 0 Å². The number of amides is 2. The Morgan fingerprint density at radius 3 is 2.48 bits per heavy atom. The molecule has 1 aliphatic heterocycles. The summed E-state index contributed by atoms with van der Waals surface area (Å²) < 4.78 is 5.28. The van der Waals surface area contributed by atoms with Crippen LogP contribution in [0.3, 0.4) is 0 Å². The molecule has 1 aromatic carbocycles. The predicted molar refractivity (Wildman–Crippen MR) is 115 cm³/mol. The van der Waals surface area contributed by atoms with Gasteiger partial charge < -0.3 is 15.4 Å². The molecule has 1 fully saturated rings. The molecule has 0 spiro atoms. The van der Waals surface area contributed by atoms with Gasteiger partial charge in [-0.15, -0.1) is 0 Å². The highest BCUT2D eigenvalue weighted by Gasteiger charge is 2.24. The van der Waals surface area contributed by atoms with Crippen molar-refractivity contribution < 1.29 is 14.3 Å². The lowest BCUT2D eigenvalue weighted by Crippen LogP contribution is -2.44. The molecule has 1 atom stereocenters. The number of hydrogen-bond donors (Lipinski definition) is 2. The van der Waals surface area contributed by atoms with Crippen molar-refractivity contribution in [3.63, 3.8) is 0 Å². The van der Waals surface area contributed by atoms with Gasteiger partial charge in [0.15, 0.2) is 0 Å². The summed E-state index contributed by atoms with van der Waals surface area (Å²) in [6, 6.07) is 9.64. The predicted octanol–water partition coefficient (Wildman–Crippen LogP) is 3.11. The second-order valence-corrected chi connectivity index (χ2v) is 8.01. The van der Waals surface area contributed by atoms with Crippen molar-refractivity contribution in [1.29, 1.82) is 0 Å². The summed E-state index contributed by atoms with van der Waals surface area (Å²) >= 11 is 1.66. The lowest BCUT2D eigenvalue weighted by Gasteiger charge is -2.30. The quantitative estimate of drug-likeness (QED) is 0.682. The molecule has 2 amide bonds. The highest BCUT2D eigenvalue weighted by Crippen LogP contribution is 2.25. The Hall–Kier alpha value is -2.38. The van der Waals surface area contributed by atoms with Crippen LogP contribution in [0.25, 0.3) is 0 Å². The maximum Gasteiger partial charge on any atom is 0.309 e. The molecule has 1 aliphatic rings. The average molecular weight is 416 g/mol. The number of rotatable bonds is 7. The molecule has 2 aromatic rings. The minimum Gasteiger partial charge on any atom is -0.496 e. The SMILES string of the molecule is COc1ccccc1CNC(=O)C(=O)NC[C@H](c1ccsc1)N1CCCCCC1. The van der Waals surface area contributed by atoms with E-state index in [2.05, 4.69) is 32.4 Å². The minimum atomic E-state index is -0.629. The van der Waals surface area contributed by atoms with E-state index in [1.54, 1.807) is 18.4 Å². The number of methoxy groups -OCH3 is 1. The Morgan fingerprint density at radius 2 is 1.79 bits per heavy atom. The molecule has 2 N–H and O–H groups in total. The molecule has 6 nitrogen and oxygen atoms in total. The highest BCUT2D eigenvalue weighted by atomic mass is 32.1. The lowest BCUT2D eigenvalue weighted by atomic mass is 10.1. The van der Waals surface area contributed by atoms with Gasteiger partial charge in [-0.05, 0) is 54.4 Å². The summed E-state index contributed by atoms with van der Waals surface area (Å²) in [4.78, 5) is 27.1. The van der Waals surface area contributed by atoms with Crippen LogP contribution in [0, 0.1) is 0 Å². The van der Waals surface area contributed by atoms with Crippen molar-refractivity contribution >= 4 is 23.2 Å². The van der Waals surface area contributed by atoms with Gasteiger partial charge in [-0.25, -0.2) is 0 Å². The Balaban J connectivity index is 1.55. The minimum absolute atomic E-state index is 0.102. The van der Waals surface area contributed by atoms with Crippen LogP contribution in [0.5, 0.6) is 5.75 Å². The summed E-state index contributed by atoms with van der Waals surface area (Å²) in [6.45, 7) is 2.72. The zero-order chi connectivity index (χ0) is 20.5. The lowest BCUT2D eigenvalue weighted by molar-refractivity contribution is -0.139. The second kappa shape index (κ2) is 11.0. The first kappa shape index (κ1) is 21.3. The molecule has 0 aliphatic carbocycles. The van der Waals surface area contributed by atoms with Gasteiger partial charge in [0.25, 0.3) is 0 Å². The van der Waals surface area contributed by atoms with Gasteiger partial charge in [0.2, 0.25) is 0 Å². The zero-order valence-electron chi connectivity index (χ0n) is 16.9. The van der Waals surface area contributed by atoms with Crippen molar-refractivity contribution in [2.45, 2.75) is 38.3 Å². The Labute approximate surface area is 176 Å². The van der Waals surface area contributed by atoms with Crippen LogP contribution in [0.1, 0.15) is 42.9 Å². The second-order valence-electron chi connectivity index (χ2n) is 7.23. The van der Waals surface area contributed by atoms with E-state index < -0.39 is 11.8 Å². The smallest absolute Gasteiger partial charge is 0.309 e. The summed E-state index contributed by atoms with van der Waals surface area (Å²) in [7, 11) is 1.58. The standard InChI is InChI=1S/C22H29N3O3S/c1-28-20-9-5-4-8-17(20)14-23-21(26)22(27)24-15-19(18-10-13-29-16-18)25-11-6-2-3-7-12-25/h4-5,8-10,13,16,19H,2-3,6-7,11-12,14-15H2,1H3,(H,23,26)(H,24,27)/t19-/m1/s1. The zero-order valence-corrected chi connectivity index (χ0v) is 17.7. The molecule has 156 valence electrons. The fourth-order valence-electron chi connectivity index (χ4n) is 3.70. The van der Waals surface area contributed by atoms with Crippen LogP contribution >= 0.6 is 11.3 Å². The Bertz CT molecular complexity index is 786. The largest absolute Gasteiger partial charge is 0.496 e. The number of hydrogen-bond acceptors (Lipinski definition) is 5. The molecule has 1 aromatic heterocycles. The van der Waals surface area contributed by atoms with E-state index in [1.807, 2.05) is 24.3 Å². The number of likely N-dealkylation sites (tertiary alicyclic amines) is 1. The molecular formula is C22H29N3O3S. The van der Waals surface area contributed by atoms with E-state index in [1.165, 1.54) is 31.2 Å². The number of nitrogens with zero attached hydrogens (tertiary/aromatic N) is 1. The molecular weight excluding hydrogens is 386 g/mol. The normalized spacial score (nSPS) is 15.9. The first-order chi connectivity index (χ1) is 14.2. The third-order valence-electron chi connectivity index (χ3n) is 5.30.